The molecule has 0 saturated carbocycles. The van der Waals surface area contributed by atoms with Crippen molar-refractivity contribution < 1.29 is 27.4 Å². The van der Waals surface area contributed by atoms with Crippen LogP contribution in [0.3, 0.4) is 0 Å². The Hall–Kier alpha value is -3.38. The minimum absolute atomic E-state index is 0.0265. The van der Waals surface area contributed by atoms with Crippen LogP contribution in [0.25, 0.3) is 11.3 Å². The molecule has 3 aromatic rings. The number of ether oxygens (including phenoxy) is 2. The molecule has 2 aliphatic rings. The summed E-state index contributed by atoms with van der Waals surface area (Å²) in [7, 11) is 0. The van der Waals surface area contributed by atoms with Crippen LogP contribution in [-0.2, 0) is 41.6 Å². The molecule has 3 aromatic heterocycles. The van der Waals surface area contributed by atoms with Crippen molar-refractivity contribution in [2.75, 3.05) is 19.8 Å². The van der Waals surface area contributed by atoms with Crippen molar-refractivity contribution in [3.8, 4) is 11.3 Å². The highest BCUT2D eigenvalue weighted by Gasteiger charge is 2.39. The van der Waals surface area contributed by atoms with Gasteiger partial charge in [-0.05, 0) is 30.5 Å². The summed E-state index contributed by atoms with van der Waals surface area (Å²) in [5.41, 5.74) is -0.167. The van der Waals surface area contributed by atoms with Gasteiger partial charge in [0.25, 0.3) is 5.91 Å². The summed E-state index contributed by atoms with van der Waals surface area (Å²) < 4.78 is 54.9. The van der Waals surface area contributed by atoms with Crippen LogP contribution in [0.2, 0.25) is 0 Å². The molecule has 0 radical (unpaired) electrons. The molecule has 1 N–H and O–H groups in total. The lowest BCUT2D eigenvalue weighted by molar-refractivity contribution is -0.137. The van der Waals surface area contributed by atoms with Gasteiger partial charge in [0.15, 0.2) is 0 Å². The molecule has 4 heterocycles. The van der Waals surface area contributed by atoms with Gasteiger partial charge in [0.2, 0.25) is 0 Å². The lowest BCUT2D eigenvalue weighted by Crippen LogP contribution is -2.32. The van der Waals surface area contributed by atoms with E-state index in [9.17, 15) is 18.0 Å². The second-order valence-corrected chi connectivity index (χ2v) is 8.01. The largest absolute Gasteiger partial charge is 0.417 e. The Kier molecular flexibility index (Phi) is 6.00. The monoisotopic (exact) mass is 474 g/mol. The molecule has 5 rings (SSSR count). The number of nitrogens with one attached hydrogen (secondary N) is 1. The molecular formula is C22H21F3N6O3. The van der Waals surface area contributed by atoms with E-state index in [1.807, 2.05) is 0 Å². The number of hydrogen-bond donors (Lipinski definition) is 1. The number of hydrogen-bond acceptors (Lipinski definition) is 7. The number of aryl methyl sites for hydroxylation is 2. The summed E-state index contributed by atoms with van der Waals surface area (Å²) >= 11 is 0. The van der Waals surface area contributed by atoms with Gasteiger partial charge in [0.1, 0.15) is 17.6 Å². The van der Waals surface area contributed by atoms with Crippen molar-refractivity contribution in [1.29, 1.82) is 0 Å². The molecule has 1 aliphatic carbocycles. The fraction of sp³-hybridized carbons (Fsp3) is 0.409. The van der Waals surface area contributed by atoms with Crippen LogP contribution in [0.5, 0.6) is 0 Å². The molecule has 0 spiro atoms. The zero-order chi connectivity index (χ0) is 23.7. The number of carbonyl (C=O) groups excluding carboxylic acids is 1. The van der Waals surface area contributed by atoms with Gasteiger partial charge in [0.05, 0.1) is 49.9 Å². The minimum atomic E-state index is -4.69. The fourth-order valence-electron chi connectivity index (χ4n) is 4.11. The number of fused-ring (bicyclic) bond motifs is 3. The number of rotatable bonds is 5. The molecule has 34 heavy (non-hydrogen) atoms. The van der Waals surface area contributed by atoms with Gasteiger partial charge >= 0.3 is 6.18 Å². The third kappa shape index (κ3) is 4.64. The lowest BCUT2D eigenvalue weighted by Gasteiger charge is -2.22. The molecule has 1 fully saturated rings. The number of halogens is 3. The summed E-state index contributed by atoms with van der Waals surface area (Å²) in [6, 6.07) is 2.41. The Bertz CT molecular complexity index is 1190. The molecular weight excluding hydrogens is 453 g/mol. The molecule has 1 aliphatic heterocycles. The van der Waals surface area contributed by atoms with Crippen LogP contribution in [0.4, 0.5) is 13.2 Å². The number of alkyl halides is 3. The molecule has 0 aromatic carbocycles. The highest BCUT2D eigenvalue weighted by molar-refractivity contribution is 5.93. The number of amides is 1. The van der Waals surface area contributed by atoms with E-state index in [0.29, 0.717) is 44.2 Å². The van der Waals surface area contributed by atoms with Gasteiger partial charge in [-0.15, -0.1) is 0 Å². The highest BCUT2D eigenvalue weighted by Crippen LogP contribution is 2.42. The number of carbonyl (C=O) groups is 1. The van der Waals surface area contributed by atoms with Crippen LogP contribution in [0.1, 0.15) is 33.1 Å². The molecule has 9 nitrogen and oxygen atoms in total. The van der Waals surface area contributed by atoms with E-state index in [-0.39, 0.29) is 41.7 Å². The van der Waals surface area contributed by atoms with Crippen molar-refractivity contribution >= 4 is 5.91 Å². The molecule has 12 heteroatoms. The van der Waals surface area contributed by atoms with Crippen molar-refractivity contribution in [2.24, 2.45) is 0 Å². The predicted octanol–water partition coefficient (Wildman–Crippen LogP) is 2.20. The van der Waals surface area contributed by atoms with E-state index >= 15 is 0 Å². The Morgan fingerprint density at radius 2 is 2.03 bits per heavy atom. The first-order valence-corrected chi connectivity index (χ1v) is 10.8. The smallest absolute Gasteiger partial charge is 0.376 e. The third-order valence-electron chi connectivity index (χ3n) is 5.64. The summed E-state index contributed by atoms with van der Waals surface area (Å²) in [6.45, 7) is 1.75. The predicted molar refractivity (Wildman–Crippen MR) is 112 cm³/mol. The fourth-order valence-corrected chi connectivity index (χ4v) is 4.11. The zero-order valence-electron chi connectivity index (χ0n) is 18.0. The van der Waals surface area contributed by atoms with Crippen molar-refractivity contribution in [2.45, 2.75) is 38.2 Å². The summed E-state index contributed by atoms with van der Waals surface area (Å²) in [5, 5.41) is 6.97. The van der Waals surface area contributed by atoms with Gasteiger partial charge in [-0.2, -0.15) is 18.3 Å². The van der Waals surface area contributed by atoms with Crippen molar-refractivity contribution in [3.63, 3.8) is 0 Å². The Morgan fingerprint density at radius 3 is 2.76 bits per heavy atom. The molecule has 1 atom stereocenters. The van der Waals surface area contributed by atoms with Crippen LogP contribution >= 0.6 is 0 Å². The number of aromatic nitrogens is 5. The zero-order valence-corrected chi connectivity index (χ0v) is 18.0. The molecule has 178 valence electrons. The Balaban J connectivity index is 1.45. The van der Waals surface area contributed by atoms with E-state index in [1.165, 1.54) is 12.4 Å². The maximum atomic E-state index is 14.1. The van der Waals surface area contributed by atoms with E-state index in [0.717, 1.165) is 6.07 Å². The SMILES string of the molecule is O=C(NCc1ncccn1)c1cc(C(F)(F)F)c2c(n1)CCc1cn(C[C@H]3COCCO3)nc1-2. The first-order chi connectivity index (χ1) is 16.4. The van der Waals surface area contributed by atoms with Crippen LogP contribution in [0, 0.1) is 0 Å². The third-order valence-corrected chi connectivity index (χ3v) is 5.64. The number of nitrogens with zero attached hydrogens (tertiary/aromatic N) is 5. The quantitative estimate of drug-likeness (QED) is 0.605. The van der Waals surface area contributed by atoms with Crippen molar-refractivity contribution in [3.05, 3.63) is 59.1 Å². The Morgan fingerprint density at radius 1 is 1.21 bits per heavy atom. The van der Waals surface area contributed by atoms with Gasteiger partial charge in [-0.25, -0.2) is 15.0 Å². The average molecular weight is 474 g/mol. The first-order valence-electron chi connectivity index (χ1n) is 10.8. The van der Waals surface area contributed by atoms with E-state index in [4.69, 9.17) is 9.47 Å². The second kappa shape index (κ2) is 9.11. The molecule has 0 bridgehead atoms. The summed E-state index contributed by atoms with van der Waals surface area (Å²) in [5.74, 6) is -0.390. The second-order valence-electron chi connectivity index (χ2n) is 8.01. The molecule has 1 amide bonds. The lowest BCUT2D eigenvalue weighted by atomic mass is 9.90. The van der Waals surface area contributed by atoms with Gasteiger partial charge in [-0.1, -0.05) is 0 Å². The summed E-state index contributed by atoms with van der Waals surface area (Å²) in [4.78, 5) is 24.9. The average Bonchev–Trinajstić information content (AvgIpc) is 3.25. The van der Waals surface area contributed by atoms with E-state index in [1.54, 1.807) is 16.9 Å². The number of pyridine rings is 1. The van der Waals surface area contributed by atoms with Crippen LogP contribution in [0.15, 0.2) is 30.7 Å². The normalized spacial score (nSPS) is 17.7. The highest BCUT2D eigenvalue weighted by atomic mass is 19.4. The molecule has 1 saturated heterocycles. The Labute approximate surface area is 192 Å². The van der Waals surface area contributed by atoms with E-state index < -0.39 is 17.6 Å². The maximum absolute atomic E-state index is 14.1. The topological polar surface area (TPSA) is 104 Å². The van der Waals surface area contributed by atoms with Gasteiger partial charge in [-0.3, -0.25) is 9.48 Å². The summed E-state index contributed by atoms with van der Waals surface area (Å²) in [6.07, 6.45) is 0.602. The van der Waals surface area contributed by atoms with Crippen molar-refractivity contribution in [1.82, 2.24) is 30.0 Å². The standard InChI is InChI=1S/C22H21F3N6O3/c23-22(24,25)15-8-17(21(32)28-9-18-26-4-1-5-27-18)29-16-3-2-13-10-31(30-20(13)19(15)16)11-14-12-33-6-7-34-14/h1,4-5,8,10,14H,2-3,6-7,9,11-12H2,(H,28,32)/t14-/m0/s1. The van der Waals surface area contributed by atoms with Gasteiger partial charge in [0, 0.05) is 24.2 Å². The minimum Gasteiger partial charge on any atom is -0.376 e. The van der Waals surface area contributed by atoms with E-state index in [2.05, 4.69) is 25.4 Å². The maximum Gasteiger partial charge on any atom is 0.417 e. The van der Waals surface area contributed by atoms with Gasteiger partial charge < -0.3 is 14.8 Å². The first kappa shape index (κ1) is 22.4. The van der Waals surface area contributed by atoms with Crippen LogP contribution < -0.4 is 5.32 Å². The molecule has 0 unspecified atom stereocenters. The van der Waals surface area contributed by atoms with Crippen LogP contribution in [-0.4, -0.2) is 56.6 Å².